The van der Waals surface area contributed by atoms with Gasteiger partial charge in [-0.25, -0.2) is 4.39 Å². The lowest BCUT2D eigenvalue weighted by atomic mass is 9.57. The van der Waals surface area contributed by atoms with Crippen LogP contribution < -0.4 is 11.1 Å². The lowest BCUT2D eigenvalue weighted by Gasteiger charge is -2.50. The fraction of sp³-hybridized carbons (Fsp3) is 0.517. The summed E-state index contributed by atoms with van der Waals surface area (Å²) < 4.78 is 16.4. The third-order valence-corrected chi connectivity index (χ3v) is 10.1. The normalized spacial score (nSPS) is 30.6. The summed E-state index contributed by atoms with van der Waals surface area (Å²) in [5.41, 5.74) is -0.247. The fourth-order valence-corrected chi connectivity index (χ4v) is 8.04. The van der Waals surface area contributed by atoms with Crippen molar-refractivity contribution >= 4 is 34.8 Å². The van der Waals surface area contributed by atoms with Crippen LogP contribution in [0.4, 0.5) is 10.1 Å². The van der Waals surface area contributed by atoms with Crippen LogP contribution in [0.1, 0.15) is 48.8 Å². The Labute approximate surface area is 240 Å². The van der Waals surface area contributed by atoms with E-state index < -0.39 is 86.6 Å². The van der Waals surface area contributed by atoms with Crippen molar-refractivity contribution in [3.63, 3.8) is 0 Å². The van der Waals surface area contributed by atoms with Crippen LogP contribution in [-0.2, 0) is 32.1 Å². The monoisotopic (exact) mass is 584 g/mol. The Morgan fingerprint density at radius 2 is 1.76 bits per heavy atom. The zero-order valence-electron chi connectivity index (χ0n) is 23.5. The number of rotatable bonds is 2. The first kappa shape index (κ1) is 28.3. The third-order valence-electron chi connectivity index (χ3n) is 10.1. The van der Waals surface area contributed by atoms with Crippen LogP contribution in [0.15, 0.2) is 16.9 Å². The number of nitrogens with zero attached hydrogens (tertiary/aromatic N) is 2. The zero-order valence-corrected chi connectivity index (χ0v) is 23.5. The van der Waals surface area contributed by atoms with Crippen LogP contribution in [0.2, 0.25) is 0 Å². The van der Waals surface area contributed by atoms with E-state index in [0.29, 0.717) is 12.8 Å². The lowest BCUT2D eigenvalue weighted by Crippen LogP contribution is -2.65. The summed E-state index contributed by atoms with van der Waals surface area (Å²) in [4.78, 5) is 55.9. The topological polar surface area (TPSA) is 194 Å². The highest BCUT2D eigenvalue weighted by Crippen LogP contribution is 2.55. The van der Waals surface area contributed by atoms with Crippen LogP contribution in [-0.4, -0.2) is 91.9 Å². The number of phenolic OH excluding ortho intramolecular Hbond substituents is 1. The number of phenols is 1. The maximum Gasteiger partial charge on any atom is 0.255 e. The minimum Gasteiger partial charge on any atom is -0.508 e. The van der Waals surface area contributed by atoms with Crippen LogP contribution in [0, 0.1) is 17.7 Å². The molecule has 1 aromatic rings. The minimum atomic E-state index is -2.80. The molecule has 224 valence electrons. The van der Waals surface area contributed by atoms with Gasteiger partial charge in [0.2, 0.25) is 11.7 Å². The number of hydrogen-bond acceptors (Lipinski definition) is 10. The molecule has 2 saturated carbocycles. The molecule has 0 saturated heterocycles. The molecule has 5 aliphatic rings. The first-order valence-electron chi connectivity index (χ1n) is 13.9. The number of benzene rings is 1. The molecule has 1 aromatic carbocycles. The van der Waals surface area contributed by atoms with E-state index in [-0.39, 0.29) is 41.8 Å². The van der Waals surface area contributed by atoms with Gasteiger partial charge in [-0.2, -0.15) is 0 Å². The van der Waals surface area contributed by atoms with Gasteiger partial charge >= 0.3 is 0 Å². The second kappa shape index (κ2) is 9.09. The predicted molar refractivity (Wildman–Crippen MR) is 145 cm³/mol. The van der Waals surface area contributed by atoms with Gasteiger partial charge in [0.15, 0.2) is 17.1 Å². The number of Topliss-reactive ketones (excluding diaryl/α,β-unsaturated/α-hetero) is 2. The van der Waals surface area contributed by atoms with Crippen molar-refractivity contribution in [2.75, 3.05) is 26.5 Å². The number of anilines is 1. The molecule has 0 bridgehead atoms. The van der Waals surface area contributed by atoms with Crippen molar-refractivity contribution in [2.24, 2.45) is 17.6 Å². The molecule has 4 aliphatic carbocycles. The number of carbonyl (C=O) groups is 4. The molecule has 42 heavy (non-hydrogen) atoms. The number of amides is 2. The number of carbonyl (C=O) groups excluding carboxylic acids is 4. The number of aliphatic hydroxyl groups is 3. The molecule has 6 rings (SSSR count). The van der Waals surface area contributed by atoms with Crippen LogP contribution >= 0.6 is 0 Å². The molecule has 2 fully saturated rings. The van der Waals surface area contributed by atoms with Crippen molar-refractivity contribution in [2.45, 2.75) is 62.3 Å². The summed E-state index contributed by atoms with van der Waals surface area (Å²) >= 11 is 0. The number of aromatic hydroxyl groups is 1. The summed E-state index contributed by atoms with van der Waals surface area (Å²) in [7, 11) is 4.73. The third kappa shape index (κ3) is 3.38. The fourth-order valence-electron chi connectivity index (χ4n) is 8.04. The SMILES string of the molecule is CN(C)[C@@H]1C(=O)C(C(N)=O)=C(O)[C@@]2(O)C(=O)C3=C(O)c4c(O)c5c(c(F)c4C[C@H]3C[C@@H]12)CN(C)C1(CCCC1)C(=O)N5. The van der Waals surface area contributed by atoms with Gasteiger partial charge in [0.05, 0.1) is 17.3 Å². The van der Waals surface area contributed by atoms with E-state index in [2.05, 4.69) is 5.32 Å². The average Bonchev–Trinajstić information content (AvgIpc) is 3.38. The summed E-state index contributed by atoms with van der Waals surface area (Å²) in [6, 6.07) is -1.24. The maximum absolute atomic E-state index is 16.4. The molecule has 0 radical (unpaired) electrons. The molecule has 7 N–H and O–H groups in total. The molecular weight excluding hydrogens is 551 g/mol. The van der Waals surface area contributed by atoms with E-state index in [0.717, 1.165) is 12.8 Å². The zero-order chi connectivity index (χ0) is 30.6. The minimum absolute atomic E-state index is 0.00974. The molecule has 1 aliphatic heterocycles. The molecule has 13 heteroatoms. The molecule has 1 spiro atoms. The van der Waals surface area contributed by atoms with E-state index in [1.54, 1.807) is 11.9 Å². The van der Waals surface area contributed by atoms with Gasteiger partial charge in [-0.05, 0) is 52.7 Å². The van der Waals surface area contributed by atoms with E-state index >= 15 is 4.39 Å². The van der Waals surface area contributed by atoms with Crippen LogP contribution in [0.3, 0.4) is 0 Å². The molecule has 4 atom stereocenters. The van der Waals surface area contributed by atoms with Gasteiger partial charge in [0, 0.05) is 29.2 Å². The smallest absolute Gasteiger partial charge is 0.255 e. The Morgan fingerprint density at radius 1 is 1.12 bits per heavy atom. The summed E-state index contributed by atoms with van der Waals surface area (Å²) in [5, 5.41) is 48.2. The van der Waals surface area contributed by atoms with Crippen molar-refractivity contribution in [1.82, 2.24) is 9.80 Å². The Balaban J connectivity index is 1.54. The molecule has 0 unspecified atom stereocenters. The highest BCUT2D eigenvalue weighted by molar-refractivity contribution is 6.24. The Morgan fingerprint density at radius 3 is 2.36 bits per heavy atom. The number of primary amides is 1. The van der Waals surface area contributed by atoms with Gasteiger partial charge in [-0.1, -0.05) is 12.8 Å². The number of ketones is 2. The number of halogens is 1. The first-order valence-corrected chi connectivity index (χ1v) is 13.9. The Bertz CT molecular complexity index is 1560. The molecule has 1 heterocycles. The number of nitrogens with one attached hydrogen (secondary N) is 1. The van der Waals surface area contributed by atoms with E-state index in [9.17, 15) is 39.6 Å². The van der Waals surface area contributed by atoms with Crippen molar-refractivity contribution < 1.29 is 44.0 Å². The number of aliphatic hydroxyl groups excluding tert-OH is 2. The predicted octanol–water partition coefficient (Wildman–Crippen LogP) is 0.800. The van der Waals surface area contributed by atoms with Gasteiger partial charge in [0.1, 0.15) is 28.4 Å². The Kier molecular flexibility index (Phi) is 6.13. The van der Waals surface area contributed by atoms with Gasteiger partial charge in [-0.15, -0.1) is 0 Å². The second-order valence-corrected chi connectivity index (χ2v) is 12.4. The van der Waals surface area contributed by atoms with E-state index in [4.69, 9.17) is 5.73 Å². The highest BCUT2D eigenvalue weighted by Gasteiger charge is 2.64. The van der Waals surface area contributed by atoms with Gasteiger partial charge in [0.25, 0.3) is 5.91 Å². The number of fused-ring (bicyclic) bond motifs is 4. The average molecular weight is 585 g/mol. The van der Waals surface area contributed by atoms with Gasteiger partial charge in [-0.3, -0.25) is 29.0 Å². The molecule has 0 aromatic heterocycles. The molecular formula is C29H33FN4O8. The van der Waals surface area contributed by atoms with Crippen LogP contribution in [0.5, 0.6) is 5.75 Å². The number of nitrogens with two attached hydrogens (primary N) is 1. The van der Waals surface area contributed by atoms with E-state index in [1.807, 2.05) is 0 Å². The van der Waals surface area contributed by atoms with Gasteiger partial charge < -0.3 is 31.5 Å². The molecule has 12 nitrogen and oxygen atoms in total. The maximum atomic E-state index is 16.4. The first-order chi connectivity index (χ1) is 19.7. The van der Waals surface area contributed by atoms with Crippen molar-refractivity contribution in [3.05, 3.63) is 39.4 Å². The molecule has 2 amide bonds. The lowest BCUT2D eigenvalue weighted by molar-refractivity contribution is -0.153. The van der Waals surface area contributed by atoms with Crippen molar-refractivity contribution in [1.29, 1.82) is 0 Å². The Hall–Kier alpha value is -3.81. The van der Waals surface area contributed by atoms with Crippen LogP contribution in [0.25, 0.3) is 5.76 Å². The number of hydrogen-bond donors (Lipinski definition) is 6. The standard InChI is InChI=1S/C29H33FN4O8/c1-33(2)20-14-9-11-8-12-16(21(35)15(11)24(38)29(14,42)25(39)17(23(20)37)26(31)40)22(36)19-13(18(12)30)10-34(3)28(27(41)32-19)6-4-5-7-28/h11,14,20,35-36,39,42H,4-10H2,1-3H3,(H2,31,40)(H,32,41)/t11-,14-,20-,29-/m0/s1. The number of likely N-dealkylation sites (N-methyl/N-ethyl adjacent to an activating group) is 2. The summed E-state index contributed by atoms with van der Waals surface area (Å²) in [5.74, 6) is -9.34. The second-order valence-electron chi connectivity index (χ2n) is 12.4. The summed E-state index contributed by atoms with van der Waals surface area (Å²) in [6.45, 7) is 0.00974. The van der Waals surface area contributed by atoms with Crippen molar-refractivity contribution in [3.8, 4) is 5.75 Å². The quantitative estimate of drug-likeness (QED) is 0.214. The van der Waals surface area contributed by atoms with E-state index in [1.165, 1.54) is 19.0 Å². The largest absolute Gasteiger partial charge is 0.508 e. The highest BCUT2D eigenvalue weighted by atomic mass is 19.1. The summed E-state index contributed by atoms with van der Waals surface area (Å²) in [6.07, 6.45) is 2.43.